The largest absolute Gasteiger partial charge is 0.416 e. The van der Waals surface area contributed by atoms with Crippen LogP contribution in [0.5, 0.6) is 0 Å². The standard InChI is InChI=1S/C24H24F4N2O2/c1-32-13-5-12-30(23(31)19-7-3-9-21(25)15-19)17-22-10-4-11-29(22)16-18-6-2-8-20(14-18)24(26,27)28/h2-4,6-11,14-15H,5,12-13,16-17H2,1H3. The SMILES string of the molecule is COCCCN(Cc1cccn1Cc1cccc(C(F)(F)F)c1)C(=O)c1cccc(F)c1. The Morgan fingerprint density at radius 2 is 1.84 bits per heavy atom. The molecule has 3 aromatic rings. The van der Waals surface area contributed by atoms with Gasteiger partial charge in [-0.25, -0.2) is 4.39 Å². The van der Waals surface area contributed by atoms with Gasteiger partial charge in [0.05, 0.1) is 12.1 Å². The molecule has 0 atom stereocenters. The van der Waals surface area contributed by atoms with Crippen molar-refractivity contribution in [1.29, 1.82) is 0 Å². The molecule has 0 spiro atoms. The first-order valence-corrected chi connectivity index (χ1v) is 10.1. The fourth-order valence-corrected chi connectivity index (χ4v) is 3.44. The van der Waals surface area contributed by atoms with Crippen molar-refractivity contribution in [3.8, 4) is 0 Å². The molecule has 170 valence electrons. The molecule has 8 heteroatoms. The zero-order valence-corrected chi connectivity index (χ0v) is 17.6. The first-order chi connectivity index (χ1) is 15.3. The van der Waals surface area contributed by atoms with Gasteiger partial charge < -0.3 is 14.2 Å². The number of aromatic nitrogens is 1. The molecule has 1 amide bonds. The number of ether oxygens (including phenoxy) is 1. The normalized spacial score (nSPS) is 11.5. The van der Waals surface area contributed by atoms with Crippen LogP contribution in [-0.2, 0) is 24.0 Å². The van der Waals surface area contributed by atoms with E-state index in [1.807, 2.05) is 6.07 Å². The number of hydrogen-bond donors (Lipinski definition) is 0. The molecule has 4 nitrogen and oxygen atoms in total. The zero-order valence-electron chi connectivity index (χ0n) is 17.6. The van der Waals surface area contributed by atoms with Crippen LogP contribution in [0.3, 0.4) is 0 Å². The molecule has 0 bridgehead atoms. The molecule has 0 aliphatic rings. The molecule has 0 aliphatic heterocycles. The summed E-state index contributed by atoms with van der Waals surface area (Å²) in [6, 6.07) is 14.3. The van der Waals surface area contributed by atoms with Crippen molar-refractivity contribution >= 4 is 5.91 Å². The lowest BCUT2D eigenvalue weighted by molar-refractivity contribution is -0.137. The molecule has 0 saturated heterocycles. The Hall–Kier alpha value is -3.13. The first kappa shape index (κ1) is 23.5. The predicted octanol–water partition coefficient (Wildman–Crippen LogP) is 5.37. The third kappa shape index (κ3) is 6.20. The Bertz CT molecular complexity index is 1050. The topological polar surface area (TPSA) is 34.5 Å². The number of halogens is 4. The van der Waals surface area contributed by atoms with Crippen LogP contribution in [0.15, 0.2) is 66.9 Å². The van der Waals surface area contributed by atoms with Crippen molar-refractivity contribution in [3.63, 3.8) is 0 Å². The van der Waals surface area contributed by atoms with Crippen LogP contribution in [0.2, 0.25) is 0 Å². The Kier molecular flexibility index (Phi) is 7.69. The lowest BCUT2D eigenvalue weighted by Crippen LogP contribution is -2.33. The number of amides is 1. The molecular formula is C24H24F4N2O2. The molecular weight excluding hydrogens is 424 g/mol. The summed E-state index contributed by atoms with van der Waals surface area (Å²) < 4.78 is 59.6. The minimum Gasteiger partial charge on any atom is -0.385 e. The zero-order chi connectivity index (χ0) is 23.1. The average Bonchev–Trinajstić information content (AvgIpc) is 3.18. The van der Waals surface area contributed by atoms with Crippen molar-refractivity contribution in [3.05, 3.63) is 95.1 Å². The summed E-state index contributed by atoms with van der Waals surface area (Å²) in [7, 11) is 1.57. The second-order valence-corrected chi connectivity index (χ2v) is 7.41. The quantitative estimate of drug-likeness (QED) is 0.326. The fraction of sp³-hybridized carbons (Fsp3) is 0.292. The minimum atomic E-state index is -4.41. The van der Waals surface area contributed by atoms with Gasteiger partial charge in [0.15, 0.2) is 0 Å². The molecule has 0 saturated carbocycles. The molecule has 0 unspecified atom stereocenters. The van der Waals surface area contributed by atoms with E-state index in [0.29, 0.717) is 25.1 Å². The third-order valence-corrected chi connectivity index (χ3v) is 5.02. The van der Waals surface area contributed by atoms with Gasteiger partial charge in [-0.05, 0) is 54.4 Å². The highest BCUT2D eigenvalue weighted by Gasteiger charge is 2.30. The number of methoxy groups -OCH3 is 1. The predicted molar refractivity (Wildman–Crippen MR) is 113 cm³/mol. The average molecular weight is 448 g/mol. The summed E-state index contributed by atoms with van der Waals surface area (Å²) in [5, 5.41) is 0. The number of alkyl halides is 3. The maximum Gasteiger partial charge on any atom is 0.416 e. The van der Waals surface area contributed by atoms with Crippen LogP contribution in [0.1, 0.15) is 33.6 Å². The van der Waals surface area contributed by atoms with Crippen LogP contribution in [0.25, 0.3) is 0 Å². The number of benzene rings is 2. The molecule has 1 heterocycles. The van der Waals surface area contributed by atoms with E-state index in [9.17, 15) is 22.4 Å². The van der Waals surface area contributed by atoms with E-state index in [4.69, 9.17) is 4.74 Å². The molecule has 1 aromatic heterocycles. The third-order valence-electron chi connectivity index (χ3n) is 5.02. The van der Waals surface area contributed by atoms with Gasteiger partial charge in [-0.2, -0.15) is 13.2 Å². The number of nitrogens with zero attached hydrogens (tertiary/aromatic N) is 2. The van der Waals surface area contributed by atoms with Gasteiger partial charge in [-0.1, -0.05) is 18.2 Å². The first-order valence-electron chi connectivity index (χ1n) is 10.1. The second-order valence-electron chi connectivity index (χ2n) is 7.41. The fourth-order valence-electron chi connectivity index (χ4n) is 3.44. The monoisotopic (exact) mass is 448 g/mol. The van der Waals surface area contributed by atoms with Crippen molar-refractivity contribution < 1.29 is 27.1 Å². The summed E-state index contributed by atoms with van der Waals surface area (Å²) in [6.45, 7) is 1.30. The Labute approximate surface area is 184 Å². The van der Waals surface area contributed by atoms with Crippen LogP contribution in [-0.4, -0.2) is 35.6 Å². The van der Waals surface area contributed by atoms with Gasteiger partial charge >= 0.3 is 6.18 Å². The van der Waals surface area contributed by atoms with Gasteiger partial charge in [0.2, 0.25) is 0 Å². The van der Waals surface area contributed by atoms with E-state index in [2.05, 4.69) is 0 Å². The van der Waals surface area contributed by atoms with Crippen LogP contribution in [0, 0.1) is 5.82 Å². The number of rotatable bonds is 9. The van der Waals surface area contributed by atoms with Gasteiger partial charge in [-0.15, -0.1) is 0 Å². The van der Waals surface area contributed by atoms with Crippen molar-refractivity contribution in [2.24, 2.45) is 0 Å². The Morgan fingerprint density at radius 3 is 2.56 bits per heavy atom. The summed E-state index contributed by atoms with van der Waals surface area (Å²) in [4.78, 5) is 14.6. The van der Waals surface area contributed by atoms with Crippen molar-refractivity contribution in [2.45, 2.75) is 25.7 Å². The molecule has 0 fully saturated rings. The van der Waals surface area contributed by atoms with Crippen LogP contribution in [0.4, 0.5) is 17.6 Å². The summed E-state index contributed by atoms with van der Waals surface area (Å²) in [5.41, 5.74) is 0.786. The van der Waals surface area contributed by atoms with Gasteiger partial charge in [0.25, 0.3) is 5.91 Å². The van der Waals surface area contributed by atoms with E-state index >= 15 is 0 Å². The molecule has 0 aliphatic carbocycles. The molecule has 0 radical (unpaired) electrons. The Morgan fingerprint density at radius 1 is 1.06 bits per heavy atom. The highest BCUT2D eigenvalue weighted by molar-refractivity contribution is 5.94. The number of hydrogen-bond acceptors (Lipinski definition) is 2. The lowest BCUT2D eigenvalue weighted by Gasteiger charge is -2.24. The highest BCUT2D eigenvalue weighted by Crippen LogP contribution is 2.29. The van der Waals surface area contributed by atoms with E-state index < -0.39 is 17.6 Å². The van der Waals surface area contributed by atoms with Crippen molar-refractivity contribution in [1.82, 2.24) is 9.47 Å². The smallest absolute Gasteiger partial charge is 0.385 e. The van der Waals surface area contributed by atoms with Crippen LogP contribution >= 0.6 is 0 Å². The van der Waals surface area contributed by atoms with E-state index in [-0.39, 0.29) is 24.6 Å². The maximum atomic E-state index is 13.6. The van der Waals surface area contributed by atoms with Gasteiger partial charge in [-0.3, -0.25) is 4.79 Å². The van der Waals surface area contributed by atoms with E-state index in [0.717, 1.165) is 17.8 Å². The maximum absolute atomic E-state index is 13.6. The van der Waals surface area contributed by atoms with Crippen LogP contribution < -0.4 is 0 Å². The molecule has 3 rings (SSSR count). The van der Waals surface area contributed by atoms with E-state index in [1.54, 1.807) is 41.0 Å². The molecule has 32 heavy (non-hydrogen) atoms. The number of carbonyl (C=O) groups excluding carboxylic acids is 1. The summed E-state index contributed by atoms with van der Waals surface area (Å²) in [6.07, 6.45) is -2.06. The minimum absolute atomic E-state index is 0.227. The summed E-state index contributed by atoms with van der Waals surface area (Å²) in [5.74, 6) is -0.826. The van der Waals surface area contributed by atoms with Gasteiger partial charge in [0.1, 0.15) is 5.82 Å². The van der Waals surface area contributed by atoms with Gasteiger partial charge in [0, 0.05) is 44.3 Å². The molecule has 2 aromatic carbocycles. The second kappa shape index (κ2) is 10.5. The highest BCUT2D eigenvalue weighted by atomic mass is 19.4. The summed E-state index contributed by atoms with van der Waals surface area (Å²) >= 11 is 0. The van der Waals surface area contributed by atoms with Crippen molar-refractivity contribution in [2.75, 3.05) is 20.3 Å². The number of carbonyl (C=O) groups is 1. The van der Waals surface area contributed by atoms with E-state index in [1.165, 1.54) is 24.3 Å². The lowest BCUT2D eigenvalue weighted by atomic mass is 10.1. The molecule has 0 N–H and O–H groups in total. The Balaban J connectivity index is 1.80.